The third-order valence-electron chi connectivity index (χ3n) is 5.65. The van der Waals surface area contributed by atoms with Crippen LogP contribution in [-0.2, 0) is 4.79 Å². The predicted molar refractivity (Wildman–Crippen MR) is 106 cm³/mol. The molecule has 1 unspecified atom stereocenters. The number of nitrogens with one attached hydrogen (secondary N) is 1. The molecule has 0 bridgehead atoms. The number of carbonyl (C=O) groups is 3. The van der Waals surface area contributed by atoms with Crippen molar-refractivity contribution in [3.63, 3.8) is 0 Å². The first kappa shape index (κ1) is 18.2. The van der Waals surface area contributed by atoms with Gasteiger partial charge in [-0.25, -0.2) is 4.79 Å². The van der Waals surface area contributed by atoms with E-state index < -0.39 is 6.03 Å². The van der Waals surface area contributed by atoms with Crippen LogP contribution in [0.5, 0.6) is 0 Å². The van der Waals surface area contributed by atoms with Crippen LogP contribution < -0.4 is 10.2 Å². The molecular formula is C22H23N3O3. The number of benzene rings is 2. The van der Waals surface area contributed by atoms with E-state index >= 15 is 0 Å². The Balaban J connectivity index is 1.50. The number of rotatable bonds is 3. The van der Waals surface area contributed by atoms with Crippen molar-refractivity contribution in [1.82, 2.24) is 10.2 Å². The number of hydrogen-bond acceptors (Lipinski definition) is 3. The Hall–Kier alpha value is -3.15. The van der Waals surface area contributed by atoms with Gasteiger partial charge in [-0.1, -0.05) is 44.2 Å². The molecule has 2 aromatic carbocycles. The first-order valence-corrected chi connectivity index (χ1v) is 9.41. The van der Waals surface area contributed by atoms with E-state index in [1.54, 1.807) is 24.3 Å². The molecule has 28 heavy (non-hydrogen) atoms. The molecule has 0 saturated carbocycles. The molecule has 6 nitrogen and oxygen atoms in total. The van der Waals surface area contributed by atoms with Crippen LogP contribution >= 0.6 is 0 Å². The largest absolute Gasteiger partial charge is 0.337 e. The number of anilines is 1. The van der Waals surface area contributed by atoms with Crippen molar-refractivity contribution in [2.45, 2.75) is 19.8 Å². The minimum Gasteiger partial charge on any atom is -0.337 e. The summed E-state index contributed by atoms with van der Waals surface area (Å²) in [6, 6.07) is 16.7. The van der Waals surface area contributed by atoms with Gasteiger partial charge in [0, 0.05) is 30.3 Å². The second-order valence-corrected chi connectivity index (χ2v) is 8.12. The lowest BCUT2D eigenvalue weighted by Gasteiger charge is -2.25. The summed E-state index contributed by atoms with van der Waals surface area (Å²) in [5, 5.41) is 2.25. The third-order valence-corrected chi connectivity index (χ3v) is 5.65. The van der Waals surface area contributed by atoms with E-state index in [-0.39, 0.29) is 29.7 Å². The molecule has 0 spiro atoms. The lowest BCUT2D eigenvalue weighted by Crippen LogP contribution is -2.30. The Kier molecular flexibility index (Phi) is 4.41. The maximum absolute atomic E-state index is 13.0. The SMILES string of the molecule is CC1(C)CN(C(=O)c2ccc(N3CC(=O)NC3=O)cc2)CC1c1ccccc1. The highest BCUT2D eigenvalue weighted by Gasteiger charge is 2.42. The maximum Gasteiger partial charge on any atom is 0.329 e. The zero-order valence-electron chi connectivity index (χ0n) is 16.0. The van der Waals surface area contributed by atoms with Gasteiger partial charge in [0.05, 0.1) is 0 Å². The van der Waals surface area contributed by atoms with Gasteiger partial charge in [-0.2, -0.15) is 0 Å². The Morgan fingerprint density at radius 3 is 2.32 bits per heavy atom. The summed E-state index contributed by atoms with van der Waals surface area (Å²) >= 11 is 0. The van der Waals surface area contributed by atoms with Crippen LogP contribution in [-0.4, -0.2) is 42.4 Å². The van der Waals surface area contributed by atoms with Gasteiger partial charge in [0.25, 0.3) is 5.91 Å². The summed E-state index contributed by atoms with van der Waals surface area (Å²) in [6.07, 6.45) is 0. The monoisotopic (exact) mass is 377 g/mol. The maximum atomic E-state index is 13.0. The lowest BCUT2D eigenvalue weighted by atomic mass is 9.78. The molecule has 2 fully saturated rings. The van der Waals surface area contributed by atoms with Crippen molar-refractivity contribution < 1.29 is 14.4 Å². The van der Waals surface area contributed by atoms with Crippen molar-refractivity contribution in [3.8, 4) is 0 Å². The van der Waals surface area contributed by atoms with E-state index in [4.69, 9.17) is 0 Å². The van der Waals surface area contributed by atoms with Gasteiger partial charge in [-0.15, -0.1) is 0 Å². The average Bonchev–Trinajstić information content (AvgIpc) is 3.19. The van der Waals surface area contributed by atoms with Crippen LogP contribution in [0.1, 0.15) is 35.7 Å². The Bertz CT molecular complexity index is 922. The highest BCUT2D eigenvalue weighted by Crippen LogP contribution is 2.42. The lowest BCUT2D eigenvalue weighted by molar-refractivity contribution is -0.117. The number of urea groups is 1. The fraction of sp³-hybridized carbons (Fsp3) is 0.318. The normalized spacial score (nSPS) is 21.1. The second-order valence-electron chi connectivity index (χ2n) is 8.12. The molecule has 4 amide bonds. The van der Waals surface area contributed by atoms with E-state index in [9.17, 15) is 14.4 Å². The van der Waals surface area contributed by atoms with E-state index in [1.807, 2.05) is 23.1 Å². The zero-order chi connectivity index (χ0) is 19.9. The van der Waals surface area contributed by atoms with E-state index in [1.165, 1.54) is 10.5 Å². The standard InChI is InChI=1S/C22H23N3O3/c1-22(2)14-24(12-18(22)15-6-4-3-5-7-15)20(27)16-8-10-17(11-9-16)25-13-19(26)23-21(25)28/h3-11,18H,12-14H2,1-2H3,(H,23,26,28). The van der Waals surface area contributed by atoms with Crippen LogP contribution in [0, 0.1) is 5.41 Å². The smallest absolute Gasteiger partial charge is 0.329 e. The Labute approximate surface area is 164 Å². The number of likely N-dealkylation sites (tertiary alicyclic amines) is 1. The Morgan fingerprint density at radius 1 is 1.04 bits per heavy atom. The number of carbonyl (C=O) groups excluding carboxylic acids is 3. The van der Waals surface area contributed by atoms with Crippen molar-refractivity contribution in [3.05, 3.63) is 65.7 Å². The highest BCUT2D eigenvalue weighted by molar-refractivity contribution is 6.12. The van der Waals surface area contributed by atoms with Crippen molar-refractivity contribution in [2.24, 2.45) is 5.41 Å². The summed E-state index contributed by atoms with van der Waals surface area (Å²) in [7, 11) is 0. The summed E-state index contributed by atoms with van der Waals surface area (Å²) in [6.45, 7) is 5.77. The molecule has 2 aliphatic rings. The van der Waals surface area contributed by atoms with Gasteiger partial charge in [-0.3, -0.25) is 19.8 Å². The summed E-state index contributed by atoms with van der Waals surface area (Å²) in [4.78, 5) is 39.4. The molecule has 144 valence electrons. The van der Waals surface area contributed by atoms with Gasteiger partial charge in [0.1, 0.15) is 6.54 Å². The molecule has 0 aliphatic carbocycles. The molecule has 1 atom stereocenters. The van der Waals surface area contributed by atoms with Crippen molar-refractivity contribution >= 4 is 23.5 Å². The van der Waals surface area contributed by atoms with Crippen LogP contribution in [0.25, 0.3) is 0 Å². The van der Waals surface area contributed by atoms with E-state index in [2.05, 4.69) is 31.3 Å². The van der Waals surface area contributed by atoms with E-state index in [0.717, 1.165) is 0 Å². The molecule has 0 aromatic heterocycles. The van der Waals surface area contributed by atoms with Crippen LogP contribution in [0.2, 0.25) is 0 Å². The first-order valence-electron chi connectivity index (χ1n) is 9.41. The number of nitrogens with zero attached hydrogens (tertiary/aromatic N) is 2. The zero-order valence-corrected chi connectivity index (χ0v) is 16.0. The molecule has 2 aromatic rings. The minimum absolute atomic E-state index is 0.00516. The molecule has 4 rings (SSSR count). The average molecular weight is 377 g/mol. The molecular weight excluding hydrogens is 354 g/mol. The van der Waals surface area contributed by atoms with Gasteiger partial charge >= 0.3 is 6.03 Å². The second kappa shape index (κ2) is 6.78. The summed E-state index contributed by atoms with van der Waals surface area (Å²) in [5.41, 5.74) is 2.43. The van der Waals surface area contributed by atoms with Crippen LogP contribution in [0.4, 0.5) is 10.5 Å². The summed E-state index contributed by atoms with van der Waals surface area (Å²) < 4.78 is 0. The summed E-state index contributed by atoms with van der Waals surface area (Å²) in [5.74, 6) is -0.0485. The molecule has 2 heterocycles. The minimum atomic E-state index is -0.434. The molecule has 2 saturated heterocycles. The highest BCUT2D eigenvalue weighted by atomic mass is 16.2. The number of imide groups is 1. The fourth-order valence-electron chi connectivity index (χ4n) is 4.15. The molecule has 1 N–H and O–H groups in total. The van der Waals surface area contributed by atoms with Gasteiger partial charge in [-0.05, 0) is 35.2 Å². The predicted octanol–water partition coefficient (Wildman–Crippen LogP) is 3.01. The topological polar surface area (TPSA) is 69.7 Å². The van der Waals surface area contributed by atoms with Crippen molar-refractivity contribution in [2.75, 3.05) is 24.5 Å². The molecule has 2 aliphatic heterocycles. The first-order chi connectivity index (χ1) is 13.3. The third kappa shape index (κ3) is 3.26. The molecule has 6 heteroatoms. The van der Waals surface area contributed by atoms with Gasteiger partial charge < -0.3 is 4.90 Å². The Morgan fingerprint density at radius 2 is 1.71 bits per heavy atom. The number of amides is 4. The van der Waals surface area contributed by atoms with Crippen LogP contribution in [0.15, 0.2) is 54.6 Å². The molecule has 0 radical (unpaired) electrons. The quantitative estimate of drug-likeness (QED) is 0.836. The van der Waals surface area contributed by atoms with Gasteiger partial charge in [0.2, 0.25) is 5.91 Å². The fourth-order valence-corrected chi connectivity index (χ4v) is 4.15. The van der Waals surface area contributed by atoms with Crippen molar-refractivity contribution in [1.29, 1.82) is 0 Å². The number of hydrogen-bond donors (Lipinski definition) is 1. The van der Waals surface area contributed by atoms with Crippen LogP contribution in [0.3, 0.4) is 0 Å². The van der Waals surface area contributed by atoms with E-state index in [0.29, 0.717) is 24.3 Å². The van der Waals surface area contributed by atoms with Gasteiger partial charge in [0.15, 0.2) is 0 Å².